The fourth-order valence-corrected chi connectivity index (χ4v) is 2.42. The molecule has 0 bridgehead atoms. The first-order valence-electron chi connectivity index (χ1n) is 6.51. The van der Waals surface area contributed by atoms with Crippen LogP contribution in [0.15, 0.2) is 0 Å². The van der Waals surface area contributed by atoms with Crippen LogP contribution in [0.2, 0.25) is 0 Å². The SMILES string of the molecule is CC(C)N(C)C(=O)CNCC1(C2CC2)CC1. The highest BCUT2D eigenvalue weighted by molar-refractivity contribution is 5.78. The normalized spacial score (nSPS) is 22.2. The van der Waals surface area contributed by atoms with Crippen molar-refractivity contribution in [3.05, 3.63) is 0 Å². The molecule has 2 aliphatic carbocycles. The van der Waals surface area contributed by atoms with Gasteiger partial charge < -0.3 is 10.2 Å². The molecule has 0 aromatic carbocycles. The second-order valence-corrected chi connectivity index (χ2v) is 5.84. The zero-order chi connectivity index (χ0) is 11.8. The van der Waals surface area contributed by atoms with E-state index in [1.54, 1.807) is 0 Å². The van der Waals surface area contributed by atoms with Crippen LogP contribution >= 0.6 is 0 Å². The maximum Gasteiger partial charge on any atom is 0.236 e. The summed E-state index contributed by atoms with van der Waals surface area (Å²) in [5.74, 6) is 1.18. The number of carbonyl (C=O) groups excluding carboxylic acids is 1. The average molecular weight is 224 g/mol. The van der Waals surface area contributed by atoms with Crippen molar-refractivity contribution in [1.29, 1.82) is 0 Å². The van der Waals surface area contributed by atoms with Gasteiger partial charge >= 0.3 is 0 Å². The lowest BCUT2D eigenvalue weighted by Crippen LogP contribution is -2.41. The summed E-state index contributed by atoms with van der Waals surface area (Å²) in [6.45, 7) is 5.65. The van der Waals surface area contributed by atoms with Crippen molar-refractivity contribution in [3.8, 4) is 0 Å². The van der Waals surface area contributed by atoms with E-state index in [4.69, 9.17) is 0 Å². The summed E-state index contributed by atoms with van der Waals surface area (Å²) in [5.41, 5.74) is 0.594. The zero-order valence-corrected chi connectivity index (χ0v) is 10.8. The standard InChI is InChI=1S/C13H24N2O/c1-10(2)15(3)12(16)8-14-9-13(6-7-13)11-4-5-11/h10-11,14H,4-9H2,1-3H3. The number of nitrogens with zero attached hydrogens (tertiary/aromatic N) is 1. The van der Waals surface area contributed by atoms with Gasteiger partial charge in [-0.15, -0.1) is 0 Å². The number of carbonyl (C=O) groups is 1. The summed E-state index contributed by atoms with van der Waals surface area (Å²) >= 11 is 0. The zero-order valence-electron chi connectivity index (χ0n) is 10.8. The molecular weight excluding hydrogens is 200 g/mol. The number of rotatable bonds is 6. The van der Waals surface area contributed by atoms with Gasteiger partial charge in [0.1, 0.15) is 0 Å². The van der Waals surface area contributed by atoms with Crippen molar-refractivity contribution >= 4 is 5.91 Å². The topological polar surface area (TPSA) is 32.3 Å². The van der Waals surface area contributed by atoms with E-state index in [9.17, 15) is 4.79 Å². The lowest BCUT2D eigenvalue weighted by molar-refractivity contribution is -0.130. The van der Waals surface area contributed by atoms with Crippen LogP contribution < -0.4 is 5.32 Å². The third-order valence-electron chi connectivity index (χ3n) is 4.26. The van der Waals surface area contributed by atoms with Gasteiger partial charge in [0.05, 0.1) is 6.54 Å². The second kappa shape index (κ2) is 4.36. The molecule has 0 aromatic heterocycles. The molecule has 0 aliphatic heterocycles. The smallest absolute Gasteiger partial charge is 0.236 e. The van der Waals surface area contributed by atoms with Gasteiger partial charge in [0.15, 0.2) is 0 Å². The molecule has 2 rings (SSSR count). The fraction of sp³-hybridized carbons (Fsp3) is 0.923. The summed E-state index contributed by atoms with van der Waals surface area (Å²) < 4.78 is 0. The first-order chi connectivity index (χ1) is 7.55. The van der Waals surface area contributed by atoms with E-state index < -0.39 is 0 Å². The summed E-state index contributed by atoms with van der Waals surface area (Å²) in [5, 5.41) is 3.35. The van der Waals surface area contributed by atoms with Gasteiger partial charge in [0, 0.05) is 19.6 Å². The molecular formula is C13H24N2O. The number of amides is 1. The Kier molecular flexibility index (Phi) is 3.24. The van der Waals surface area contributed by atoms with E-state index in [0.29, 0.717) is 18.0 Å². The molecule has 16 heavy (non-hydrogen) atoms. The van der Waals surface area contributed by atoms with Crippen LogP contribution in [-0.4, -0.2) is 37.0 Å². The van der Waals surface area contributed by atoms with Crippen molar-refractivity contribution in [2.45, 2.75) is 45.6 Å². The Balaban J connectivity index is 1.66. The van der Waals surface area contributed by atoms with E-state index >= 15 is 0 Å². The maximum absolute atomic E-state index is 11.7. The van der Waals surface area contributed by atoms with Crippen LogP contribution in [-0.2, 0) is 4.79 Å². The highest BCUT2D eigenvalue weighted by Crippen LogP contribution is 2.60. The van der Waals surface area contributed by atoms with Crippen molar-refractivity contribution in [3.63, 3.8) is 0 Å². The first kappa shape index (κ1) is 11.9. The minimum Gasteiger partial charge on any atom is -0.342 e. The van der Waals surface area contributed by atoms with Gasteiger partial charge in [0.25, 0.3) is 0 Å². The number of hydrogen-bond acceptors (Lipinski definition) is 2. The van der Waals surface area contributed by atoms with E-state index in [-0.39, 0.29) is 5.91 Å². The number of nitrogens with one attached hydrogen (secondary N) is 1. The maximum atomic E-state index is 11.7. The highest BCUT2D eigenvalue weighted by Gasteiger charge is 2.53. The molecule has 1 N–H and O–H groups in total. The van der Waals surface area contributed by atoms with E-state index in [1.807, 2.05) is 25.8 Å². The van der Waals surface area contributed by atoms with Crippen LogP contribution in [0.25, 0.3) is 0 Å². The minimum absolute atomic E-state index is 0.210. The second-order valence-electron chi connectivity index (χ2n) is 5.84. The number of hydrogen-bond donors (Lipinski definition) is 1. The molecule has 2 fully saturated rings. The summed E-state index contributed by atoms with van der Waals surface area (Å²) in [4.78, 5) is 13.5. The third-order valence-corrected chi connectivity index (χ3v) is 4.26. The highest BCUT2D eigenvalue weighted by atomic mass is 16.2. The van der Waals surface area contributed by atoms with Crippen LogP contribution in [0.3, 0.4) is 0 Å². The summed E-state index contributed by atoms with van der Waals surface area (Å²) in [7, 11) is 1.88. The Hall–Kier alpha value is -0.570. The Bertz CT molecular complexity index is 267. The molecule has 3 heteroatoms. The quantitative estimate of drug-likeness (QED) is 0.744. The minimum atomic E-state index is 0.210. The van der Waals surface area contributed by atoms with Gasteiger partial charge in [-0.05, 0) is 50.9 Å². The predicted molar refractivity (Wildman–Crippen MR) is 65.2 cm³/mol. The van der Waals surface area contributed by atoms with Crippen molar-refractivity contribution in [1.82, 2.24) is 10.2 Å². The van der Waals surface area contributed by atoms with Crippen LogP contribution in [0.1, 0.15) is 39.5 Å². The van der Waals surface area contributed by atoms with E-state index in [0.717, 1.165) is 12.5 Å². The van der Waals surface area contributed by atoms with Crippen LogP contribution in [0, 0.1) is 11.3 Å². The van der Waals surface area contributed by atoms with Crippen molar-refractivity contribution in [2.75, 3.05) is 20.1 Å². The third kappa shape index (κ3) is 2.57. The van der Waals surface area contributed by atoms with E-state index in [1.165, 1.54) is 25.7 Å². The lowest BCUT2D eigenvalue weighted by atomic mass is 10.0. The van der Waals surface area contributed by atoms with Gasteiger partial charge in [0.2, 0.25) is 5.91 Å². The van der Waals surface area contributed by atoms with Crippen LogP contribution in [0.4, 0.5) is 0 Å². The van der Waals surface area contributed by atoms with Gasteiger partial charge in [-0.2, -0.15) is 0 Å². The first-order valence-corrected chi connectivity index (χ1v) is 6.51. The monoisotopic (exact) mass is 224 g/mol. The molecule has 3 nitrogen and oxygen atoms in total. The van der Waals surface area contributed by atoms with Crippen molar-refractivity contribution in [2.24, 2.45) is 11.3 Å². The molecule has 0 spiro atoms. The molecule has 1 amide bonds. The molecule has 0 radical (unpaired) electrons. The number of likely N-dealkylation sites (N-methyl/N-ethyl adjacent to an activating group) is 1. The molecule has 92 valence electrons. The Morgan fingerprint density at radius 1 is 1.44 bits per heavy atom. The molecule has 0 heterocycles. The van der Waals surface area contributed by atoms with Gasteiger partial charge in [-0.1, -0.05) is 0 Å². The molecule has 0 unspecified atom stereocenters. The molecule has 0 saturated heterocycles. The Labute approximate surface area is 98.6 Å². The molecule has 2 aliphatic rings. The molecule has 2 saturated carbocycles. The molecule has 0 aromatic rings. The predicted octanol–water partition coefficient (Wildman–Crippen LogP) is 1.63. The Morgan fingerprint density at radius 3 is 2.50 bits per heavy atom. The van der Waals surface area contributed by atoms with Crippen molar-refractivity contribution < 1.29 is 4.79 Å². The summed E-state index contributed by atoms with van der Waals surface area (Å²) in [6, 6.07) is 0.299. The average Bonchev–Trinajstić information content (AvgIpc) is 3.07. The van der Waals surface area contributed by atoms with Gasteiger partial charge in [-0.3, -0.25) is 4.79 Å². The van der Waals surface area contributed by atoms with Crippen LogP contribution in [0.5, 0.6) is 0 Å². The molecule has 0 atom stereocenters. The largest absolute Gasteiger partial charge is 0.342 e. The van der Waals surface area contributed by atoms with Gasteiger partial charge in [-0.25, -0.2) is 0 Å². The fourth-order valence-electron chi connectivity index (χ4n) is 2.42. The summed E-state index contributed by atoms with van der Waals surface area (Å²) in [6.07, 6.45) is 5.58. The van der Waals surface area contributed by atoms with E-state index in [2.05, 4.69) is 5.32 Å². The Morgan fingerprint density at radius 2 is 2.06 bits per heavy atom. The lowest BCUT2D eigenvalue weighted by Gasteiger charge is -2.22.